The Hall–Kier alpha value is -1.66. The van der Waals surface area contributed by atoms with E-state index >= 15 is 0 Å². The standard InChI is InChI=1S/C14H15ClN2O3S/c1-21(19,20)8-4-7-16-14(18)13-9-11(15)10-5-2-3-6-12(10)17-13/h2-3,5-6,9H,4,7-8H2,1H3,(H,16,18). The minimum absolute atomic E-state index is 0.0409. The summed E-state index contributed by atoms with van der Waals surface area (Å²) in [6, 6.07) is 8.79. The molecule has 0 unspecified atom stereocenters. The Balaban J connectivity index is 2.06. The number of para-hydroxylation sites is 1. The number of fused-ring (bicyclic) bond motifs is 1. The van der Waals surface area contributed by atoms with E-state index in [0.29, 0.717) is 17.0 Å². The van der Waals surface area contributed by atoms with Crippen molar-refractivity contribution in [1.82, 2.24) is 10.3 Å². The Morgan fingerprint density at radius 2 is 2.05 bits per heavy atom. The van der Waals surface area contributed by atoms with Gasteiger partial charge in [0, 0.05) is 18.2 Å². The van der Waals surface area contributed by atoms with Crippen LogP contribution in [0.3, 0.4) is 0 Å². The van der Waals surface area contributed by atoms with Gasteiger partial charge in [0.2, 0.25) is 0 Å². The number of hydrogen-bond acceptors (Lipinski definition) is 4. The van der Waals surface area contributed by atoms with Crippen molar-refractivity contribution in [1.29, 1.82) is 0 Å². The van der Waals surface area contributed by atoms with Crippen molar-refractivity contribution in [2.24, 2.45) is 0 Å². The van der Waals surface area contributed by atoms with E-state index in [4.69, 9.17) is 11.6 Å². The van der Waals surface area contributed by atoms with Crippen molar-refractivity contribution in [2.75, 3.05) is 18.6 Å². The number of sulfone groups is 1. The number of nitrogens with one attached hydrogen (secondary N) is 1. The van der Waals surface area contributed by atoms with Crippen LogP contribution in [-0.4, -0.2) is 37.9 Å². The molecule has 2 rings (SSSR count). The van der Waals surface area contributed by atoms with Gasteiger partial charge in [-0.1, -0.05) is 29.8 Å². The number of amides is 1. The van der Waals surface area contributed by atoms with Gasteiger partial charge >= 0.3 is 0 Å². The highest BCUT2D eigenvalue weighted by Crippen LogP contribution is 2.22. The van der Waals surface area contributed by atoms with Gasteiger partial charge in [-0.3, -0.25) is 4.79 Å². The van der Waals surface area contributed by atoms with E-state index in [9.17, 15) is 13.2 Å². The third kappa shape index (κ3) is 4.41. The molecule has 0 saturated heterocycles. The van der Waals surface area contributed by atoms with Crippen LogP contribution in [0.5, 0.6) is 0 Å². The number of carbonyl (C=O) groups is 1. The molecule has 0 bridgehead atoms. The Kier molecular flexibility index (Phi) is 4.80. The zero-order valence-electron chi connectivity index (χ0n) is 11.5. The molecule has 112 valence electrons. The van der Waals surface area contributed by atoms with E-state index in [1.54, 1.807) is 6.07 Å². The summed E-state index contributed by atoms with van der Waals surface area (Å²) in [6.07, 6.45) is 1.53. The normalized spacial score (nSPS) is 11.5. The number of nitrogens with zero attached hydrogens (tertiary/aromatic N) is 1. The monoisotopic (exact) mass is 326 g/mol. The molecule has 0 aliphatic carbocycles. The second kappa shape index (κ2) is 6.41. The van der Waals surface area contributed by atoms with Crippen LogP contribution in [0.1, 0.15) is 16.9 Å². The minimum atomic E-state index is -3.01. The van der Waals surface area contributed by atoms with Gasteiger partial charge in [0.25, 0.3) is 5.91 Å². The fourth-order valence-electron chi connectivity index (χ4n) is 1.88. The minimum Gasteiger partial charge on any atom is -0.351 e. The highest BCUT2D eigenvalue weighted by Gasteiger charge is 2.11. The molecule has 21 heavy (non-hydrogen) atoms. The van der Waals surface area contributed by atoms with Gasteiger partial charge in [-0.15, -0.1) is 0 Å². The largest absolute Gasteiger partial charge is 0.351 e. The molecule has 0 saturated carbocycles. The van der Waals surface area contributed by atoms with Gasteiger partial charge in [0.1, 0.15) is 15.5 Å². The number of pyridine rings is 1. The third-order valence-corrected chi connectivity index (χ3v) is 4.22. The van der Waals surface area contributed by atoms with Gasteiger partial charge in [-0.25, -0.2) is 13.4 Å². The maximum atomic E-state index is 12.0. The number of rotatable bonds is 5. The average Bonchev–Trinajstić information content (AvgIpc) is 2.42. The molecule has 0 fully saturated rings. The number of halogens is 1. The van der Waals surface area contributed by atoms with Crippen molar-refractivity contribution in [2.45, 2.75) is 6.42 Å². The molecule has 1 heterocycles. The average molecular weight is 327 g/mol. The Morgan fingerprint density at radius 3 is 2.76 bits per heavy atom. The molecular formula is C14H15ClN2O3S. The maximum Gasteiger partial charge on any atom is 0.269 e. The lowest BCUT2D eigenvalue weighted by atomic mass is 10.2. The van der Waals surface area contributed by atoms with Gasteiger partial charge < -0.3 is 5.32 Å². The molecule has 0 aliphatic heterocycles. The molecule has 1 amide bonds. The molecule has 2 aromatic rings. The summed E-state index contributed by atoms with van der Waals surface area (Å²) in [5.74, 6) is -0.324. The number of hydrogen-bond donors (Lipinski definition) is 1. The van der Waals surface area contributed by atoms with Gasteiger partial charge in [-0.2, -0.15) is 0 Å². The molecule has 7 heteroatoms. The lowest BCUT2D eigenvalue weighted by Gasteiger charge is -2.06. The lowest BCUT2D eigenvalue weighted by molar-refractivity contribution is 0.0949. The molecular weight excluding hydrogens is 312 g/mol. The highest BCUT2D eigenvalue weighted by molar-refractivity contribution is 7.90. The molecule has 0 aliphatic rings. The van der Waals surface area contributed by atoms with E-state index in [1.165, 1.54) is 12.3 Å². The fraction of sp³-hybridized carbons (Fsp3) is 0.286. The van der Waals surface area contributed by atoms with Crippen molar-refractivity contribution in [3.8, 4) is 0 Å². The van der Waals surface area contributed by atoms with Crippen molar-refractivity contribution >= 4 is 38.2 Å². The highest BCUT2D eigenvalue weighted by atomic mass is 35.5. The van der Waals surface area contributed by atoms with Gasteiger partial charge in [0.05, 0.1) is 16.3 Å². The smallest absolute Gasteiger partial charge is 0.269 e. The Bertz CT molecular complexity index is 775. The molecule has 1 aromatic heterocycles. The first-order valence-electron chi connectivity index (χ1n) is 6.38. The van der Waals surface area contributed by atoms with Crippen LogP contribution in [0.15, 0.2) is 30.3 Å². The molecule has 0 spiro atoms. The molecule has 0 atom stereocenters. The van der Waals surface area contributed by atoms with Gasteiger partial charge in [-0.05, 0) is 18.6 Å². The summed E-state index contributed by atoms with van der Waals surface area (Å²) < 4.78 is 22.0. The quantitative estimate of drug-likeness (QED) is 0.853. The first-order chi connectivity index (χ1) is 9.87. The van der Waals surface area contributed by atoms with Crippen molar-refractivity contribution in [3.63, 3.8) is 0 Å². The predicted octanol–water partition coefficient (Wildman–Crippen LogP) is 2.05. The summed E-state index contributed by atoms with van der Waals surface area (Å²) in [5.41, 5.74) is 0.865. The van der Waals surface area contributed by atoms with Crippen LogP contribution in [0.2, 0.25) is 5.02 Å². The Labute approximate surface area is 128 Å². The number of benzene rings is 1. The van der Waals surface area contributed by atoms with E-state index < -0.39 is 9.84 Å². The summed E-state index contributed by atoms with van der Waals surface area (Å²) in [6.45, 7) is 0.276. The fourth-order valence-corrected chi connectivity index (χ4v) is 2.81. The van der Waals surface area contributed by atoms with Crippen LogP contribution in [-0.2, 0) is 9.84 Å². The van der Waals surface area contributed by atoms with Crippen LogP contribution < -0.4 is 5.32 Å². The summed E-state index contributed by atoms with van der Waals surface area (Å²) in [5, 5.41) is 3.88. The third-order valence-electron chi connectivity index (χ3n) is 2.88. The van der Waals surface area contributed by atoms with Crippen molar-refractivity contribution in [3.05, 3.63) is 41.0 Å². The molecule has 5 nitrogen and oxygen atoms in total. The zero-order chi connectivity index (χ0) is 15.5. The van der Waals surface area contributed by atoms with Crippen LogP contribution in [0.4, 0.5) is 0 Å². The molecule has 1 N–H and O–H groups in total. The topological polar surface area (TPSA) is 76.1 Å². The first-order valence-corrected chi connectivity index (χ1v) is 8.82. The van der Waals surface area contributed by atoms with Crippen molar-refractivity contribution < 1.29 is 13.2 Å². The summed E-state index contributed by atoms with van der Waals surface area (Å²) in [4.78, 5) is 16.2. The van der Waals surface area contributed by atoms with Crippen LogP contribution in [0, 0.1) is 0 Å². The van der Waals surface area contributed by atoms with E-state index in [1.807, 2.05) is 18.2 Å². The molecule has 0 radical (unpaired) electrons. The lowest BCUT2D eigenvalue weighted by Crippen LogP contribution is -2.26. The number of aromatic nitrogens is 1. The maximum absolute atomic E-state index is 12.0. The van der Waals surface area contributed by atoms with E-state index in [-0.39, 0.29) is 23.9 Å². The Morgan fingerprint density at radius 1 is 1.33 bits per heavy atom. The zero-order valence-corrected chi connectivity index (χ0v) is 13.0. The number of carbonyl (C=O) groups excluding carboxylic acids is 1. The second-order valence-electron chi connectivity index (χ2n) is 4.75. The second-order valence-corrected chi connectivity index (χ2v) is 7.41. The van der Waals surface area contributed by atoms with E-state index in [0.717, 1.165) is 5.39 Å². The SMILES string of the molecule is CS(=O)(=O)CCCNC(=O)c1cc(Cl)c2ccccc2n1. The summed E-state index contributed by atoms with van der Waals surface area (Å²) >= 11 is 6.13. The predicted molar refractivity (Wildman–Crippen MR) is 83.4 cm³/mol. The van der Waals surface area contributed by atoms with E-state index in [2.05, 4.69) is 10.3 Å². The van der Waals surface area contributed by atoms with Crippen LogP contribution in [0.25, 0.3) is 10.9 Å². The first kappa shape index (κ1) is 15.7. The van der Waals surface area contributed by atoms with Gasteiger partial charge in [0.15, 0.2) is 0 Å². The van der Waals surface area contributed by atoms with Crippen LogP contribution >= 0.6 is 11.6 Å². The molecule has 1 aromatic carbocycles. The summed E-state index contributed by atoms with van der Waals surface area (Å²) in [7, 11) is -3.01.